The normalized spacial score (nSPS) is 10.3. The molecule has 0 aliphatic heterocycles. The Morgan fingerprint density at radius 3 is 2.68 bits per heavy atom. The van der Waals surface area contributed by atoms with E-state index in [0.717, 1.165) is 16.8 Å². The van der Waals surface area contributed by atoms with Gasteiger partial charge in [-0.25, -0.2) is 0 Å². The summed E-state index contributed by atoms with van der Waals surface area (Å²) in [4.78, 5) is 25.7. The molecule has 2 amide bonds. The fourth-order valence-electron chi connectivity index (χ4n) is 1.45. The predicted octanol–water partition coefficient (Wildman–Crippen LogP) is 1.31. The molecule has 5 nitrogen and oxygen atoms in total. The number of carbonyl (C=O) groups excluding carboxylic acids is 2. The first-order valence-corrected chi connectivity index (χ1v) is 7.57. The first kappa shape index (κ1) is 16.1. The molecule has 0 aromatic carbocycles. The van der Waals surface area contributed by atoms with Gasteiger partial charge in [0.15, 0.2) is 0 Å². The summed E-state index contributed by atoms with van der Waals surface area (Å²) in [6.07, 6.45) is 0.873. The van der Waals surface area contributed by atoms with Crippen LogP contribution in [0.2, 0.25) is 0 Å². The zero-order valence-electron chi connectivity index (χ0n) is 11.0. The Hall–Kier alpha value is -0.920. The molecule has 0 unspecified atom stereocenters. The molecule has 0 spiro atoms. The summed E-state index contributed by atoms with van der Waals surface area (Å²) < 4.78 is 0.903. The minimum Gasteiger partial charge on any atom is -0.355 e. The number of carbonyl (C=O) groups is 2. The fourth-order valence-corrected chi connectivity index (χ4v) is 2.83. The summed E-state index contributed by atoms with van der Waals surface area (Å²) in [5.41, 5.74) is 0. The number of rotatable bonds is 7. The second-order valence-corrected chi connectivity index (χ2v) is 6.54. The van der Waals surface area contributed by atoms with E-state index >= 15 is 0 Å². The van der Waals surface area contributed by atoms with Gasteiger partial charge in [-0.05, 0) is 48.1 Å². The summed E-state index contributed by atoms with van der Waals surface area (Å²) in [7, 11) is 3.50. The fraction of sp³-hybridized carbons (Fsp3) is 0.500. The second-order valence-electron chi connectivity index (χ2n) is 4.07. The zero-order chi connectivity index (χ0) is 14.3. The van der Waals surface area contributed by atoms with Crippen molar-refractivity contribution in [2.24, 2.45) is 0 Å². The van der Waals surface area contributed by atoms with Crippen LogP contribution in [0.4, 0.5) is 0 Å². The molecule has 0 aliphatic carbocycles. The molecule has 1 rings (SSSR count). The number of halogens is 1. The molecular formula is C12H18BrN3O2S. The van der Waals surface area contributed by atoms with E-state index in [2.05, 4.69) is 26.6 Å². The topological polar surface area (TPSA) is 61.4 Å². The van der Waals surface area contributed by atoms with Crippen molar-refractivity contribution < 1.29 is 9.59 Å². The largest absolute Gasteiger partial charge is 0.355 e. The Labute approximate surface area is 125 Å². The Balaban J connectivity index is 2.35. The lowest BCUT2D eigenvalue weighted by atomic mass is 10.4. The Kier molecular flexibility index (Phi) is 7.04. The van der Waals surface area contributed by atoms with Crippen LogP contribution in [0.3, 0.4) is 0 Å². The average Bonchev–Trinajstić information content (AvgIpc) is 2.80. The van der Waals surface area contributed by atoms with Crippen molar-refractivity contribution >= 4 is 39.1 Å². The maximum Gasteiger partial charge on any atom is 0.264 e. The van der Waals surface area contributed by atoms with Gasteiger partial charge in [0.1, 0.15) is 0 Å². The van der Waals surface area contributed by atoms with Gasteiger partial charge in [-0.3, -0.25) is 9.59 Å². The third-order valence-corrected chi connectivity index (χ3v) is 4.05. The second kappa shape index (κ2) is 8.29. The molecule has 106 valence electrons. The van der Waals surface area contributed by atoms with E-state index in [4.69, 9.17) is 0 Å². The molecule has 0 saturated heterocycles. The SMILES string of the molecule is CNCCCNC(=O)CN(C)C(=O)c1ccc(Br)s1. The van der Waals surface area contributed by atoms with Crippen molar-refractivity contribution in [2.75, 3.05) is 33.7 Å². The van der Waals surface area contributed by atoms with Gasteiger partial charge in [-0.1, -0.05) is 0 Å². The van der Waals surface area contributed by atoms with Crippen LogP contribution in [0.1, 0.15) is 16.1 Å². The van der Waals surface area contributed by atoms with Crippen LogP contribution in [0.5, 0.6) is 0 Å². The van der Waals surface area contributed by atoms with Crippen molar-refractivity contribution in [3.8, 4) is 0 Å². The van der Waals surface area contributed by atoms with Crippen molar-refractivity contribution in [1.82, 2.24) is 15.5 Å². The van der Waals surface area contributed by atoms with Gasteiger partial charge in [0.2, 0.25) is 5.91 Å². The summed E-state index contributed by atoms with van der Waals surface area (Å²) in [5.74, 6) is -0.274. The number of amides is 2. The minimum atomic E-state index is -0.138. The maximum absolute atomic E-state index is 12.0. The van der Waals surface area contributed by atoms with Gasteiger partial charge in [0.05, 0.1) is 15.2 Å². The van der Waals surface area contributed by atoms with Gasteiger partial charge >= 0.3 is 0 Å². The Morgan fingerprint density at radius 2 is 2.11 bits per heavy atom. The molecule has 19 heavy (non-hydrogen) atoms. The van der Waals surface area contributed by atoms with E-state index in [1.165, 1.54) is 16.2 Å². The lowest BCUT2D eigenvalue weighted by Crippen LogP contribution is -2.38. The smallest absolute Gasteiger partial charge is 0.264 e. The van der Waals surface area contributed by atoms with Crippen LogP contribution in [-0.2, 0) is 4.79 Å². The Morgan fingerprint density at radius 1 is 1.37 bits per heavy atom. The lowest BCUT2D eigenvalue weighted by Gasteiger charge is -2.15. The number of thiophene rings is 1. The van der Waals surface area contributed by atoms with Crippen LogP contribution in [0, 0.1) is 0 Å². The molecule has 1 aromatic rings. The number of nitrogens with one attached hydrogen (secondary N) is 2. The summed E-state index contributed by atoms with van der Waals surface area (Å²) in [6, 6.07) is 3.57. The zero-order valence-corrected chi connectivity index (χ0v) is 13.4. The molecule has 7 heteroatoms. The van der Waals surface area contributed by atoms with E-state index in [-0.39, 0.29) is 18.4 Å². The Bertz CT molecular complexity index is 436. The minimum absolute atomic E-state index is 0.0773. The summed E-state index contributed by atoms with van der Waals surface area (Å²) in [6.45, 7) is 1.55. The molecule has 0 radical (unpaired) electrons. The molecule has 2 N–H and O–H groups in total. The van der Waals surface area contributed by atoms with E-state index in [9.17, 15) is 9.59 Å². The quantitative estimate of drug-likeness (QED) is 0.731. The van der Waals surface area contributed by atoms with Crippen LogP contribution in [-0.4, -0.2) is 50.4 Å². The third-order valence-electron chi connectivity index (χ3n) is 2.44. The van der Waals surface area contributed by atoms with Gasteiger partial charge in [0.25, 0.3) is 5.91 Å². The lowest BCUT2D eigenvalue weighted by molar-refractivity contribution is -0.121. The highest BCUT2D eigenvalue weighted by molar-refractivity contribution is 9.11. The van der Waals surface area contributed by atoms with Gasteiger partial charge in [-0.15, -0.1) is 11.3 Å². The van der Waals surface area contributed by atoms with Crippen molar-refractivity contribution in [3.63, 3.8) is 0 Å². The van der Waals surface area contributed by atoms with Crippen LogP contribution in [0.25, 0.3) is 0 Å². The third kappa shape index (κ3) is 5.71. The summed E-state index contributed by atoms with van der Waals surface area (Å²) >= 11 is 4.67. The van der Waals surface area contributed by atoms with E-state index in [1.54, 1.807) is 13.1 Å². The van der Waals surface area contributed by atoms with Crippen LogP contribution < -0.4 is 10.6 Å². The predicted molar refractivity (Wildman–Crippen MR) is 80.5 cm³/mol. The molecule has 0 aliphatic rings. The molecule has 0 bridgehead atoms. The first-order valence-electron chi connectivity index (χ1n) is 5.96. The molecular weight excluding hydrogens is 330 g/mol. The average molecular weight is 348 g/mol. The van der Waals surface area contributed by atoms with Gasteiger partial charge in [-0.2, -0.15) is 0 Å². The number of hydrogen-bond donors (Lipinski definition) is 2. The van der Waals surface area contributed by atoms with E-state index < -0.39 is 0 Å². The van der Waals surface area contributed by atoms with Crippen LogP contribution >= 0.6 is 27.3 Å². The first-order chi connectivity index (χ1) is 9.04. The molecule has 0 atom stereocenters. The molecule has 1 heterocycles. The molecule has 0 fully saturated rings. The van der Waals surface area contributed by atoms with E-state index in [1.807, 2.05) is 13.1 Å². The van der Waals surface area contributed by atoms with Gasteiger partial charge < -0.3 is 15.5 Å². The molecule has 0 saturated carbocycles. The number of likely N-dealkylation sites (N-methyl/N-ethyl adjacent to an activating group) is 1. The highest BCUT2D eigenvalue weighted by Crippen LogP contribution is 2.22. The maximum atomic E-state index is 12.0. The van der Waals surface area contributed by atoms with Crippen LogP contribution in [0.15, 0.2) is 15.9 Å². The van der Waals surface area contributed by atoms with Gasteiger partial charge in [0, 0.05) is 13.6 Å². The standard InChI is InChI=1S/C12H18BrN3O2S/c1-14-6-3-7-15-11(17)8-16(2)12(18)9-4-5-10(13)19-9/h4-5,14H,3,6-8H2,1-2H3,(H,15,17). The van der Waals surface area contributed by atoms with Crippen molar-refractivity contribution in [2.45, 2.75) is 6.42 Å². The van der Waals surface area contributed by atoms with E-state index in [0.29, 0.717) is 11.4 Å². The van der Waals surface area contributed by atoms with Crippen molar-refractivity contribution in [3.05, 3.63) is 20.8 Å². The monoisotopic (exact) mass is 347 g/mol. The number of hydrogen-bond acceptors (Lipinski definition) is 4. The molecule has 1 aromatic heterocycles. The summed E-state index contributed by atoms with van der Waals surface area (Å²) in [5, 5.41) is 5.79. The highest BCUT2D eigenvalue weighted by Gasteiger charge is 2.16. The highest BCUT2D eigenvalue weighted by atomic mass is 79.9. The van der Waals surface area contributed by atoms with Crippen molar-refractivity contribution in [1.29, 1.82) is 0 Å². The number of nitrogens with zero attached hydrogens (tertiary/aromatic N) is 1.